The van der Waals surface area contributed by atoms with Crippen molar-refractivity contribution in [3.8, 4) is 11.4 Å². The number of nitrogens with zero attached hydrogens (tertiary/aromatic N) is 2. The molecule has 2 atom stereocenters. The Kier molecular flexibility index (Phi) is 4.97. The molecule has 3 aliphatic carbocycles. The molecule has 6 rings (SSSR count). The first-order chi connectivity index (χ1) is 16.0. The second-order valence-corrected chi connectivity index (χ2v) is 10.7. The Balaban J connectivity index is 1.24. The summed E-state index contributed by atoms with van der Waals surface area (Å²) < 4.78 is 0. The van der Waals surface area contributed by atoms with Crippen molar-refractivity contribution in [2.24, 2.45) is 17.3 Å². The number of allylic oxidation sites excluding steroid dienone is 2. The topological polar surface area (TPSA) is 64.8 Å². The molecule has 0 radical (unpaired) electrons. The SMILES string of the molecule is CC(C(=O)N(C)c1ccc2cc(-c3n[nH]c4c3CCC3(C=CC3)C4)[nH]c2c1)C1CCCCC1. The highest BCUT2D eigenvalue weighted by molar-refractivity contribution is 5.97. The predicted molar refractivity (Wildman–Crippen MR) is 133 cm³/mol. The van der Waals surface area contributed by atoms with Crippen LogP contribution in [0.15, 0.2) is 36.4 Å². The minimum Gasteiger partial charge on any atom is -0.353 e. The average molecular weight is 443 g/mol. The number of fused-ring (bicyclic) bond motifs is 2. The number of nitrogens with one attached hydrogen (secondary N) is 2. The van der Waals surface area contributed by atoms with Crippen LogP contribution >= 0.6 is 0 Å². The molecule has 1 amide bonds. The molecule has 1 fully saturated rings. The summed E-state index contributed by atoms with van der Waals surface area (Å²) in [6.45, 7) is 2.12. The summed E-state index contributed by atoms with van der Waals surface area (Å²) in [5.41, 5.74) is 7.14. The normalized spacial score (nSPS) is 23.5. The van der Waals surface area contributed by atoms with Gasteiger partial charge in [0.15, 0.2) is 0 Å². The van der Waals surface area contributed by atoms with E-state index >= 15 is 0 Å². The van der Waals surface area contributed by atoms with Gasteiger partial charge >= 0.3 is 0 Å². The highest BCUT2D eigenvalue weighted by Crippen LogP contribution is 2.46. The van der Waals surface area contributed by atoms with Crippen molar-refractivity contribution in [1.82, 2.24) is 15.2 Å². The number of aromatic nitrogens is 3. The summed E-state index contributed by atoms with van der Waals surface area (Å²) in [4.78, 5) is 18.6. The largest absolute Gasteiger partial charge is 0.353 e. The van der Waals surface area contributed by atoms with Crippen molar-refractivity contribution in [1.29, 1.82) is 0 Å². The smallest absolute Gasteiger partial charge is 0.229 e. The van der Waals surface area contributed by atoms with E-state index in [9.17, 15) is 4.79 Å². The minimum absolute atomic E-state index is 0.0783. The van der Waals surface area contributed by atoms with E-state index < -0.39 is 0 Å². The first-order valence-corrected chi connectivity index (χ1v) is 12.7. The van der Waals surface area contributed by atoms with Gasteiger partial charge in [0.25, 0.3) is 0 Å². The number of benzene rings is 1. The third kappa shape index (κ3) is 3.53. The fraction of sp³-hybridized carbons (Fsp3) is 0.500. The van der Waals surface area contributed by atoms with Gasteiger partial charge in [0.05, 0.1) is 5.69 Å². The molecular weight excluding hydrogens is 408 g/mol. The summed E-state index contributed by atoms with van der Waals surface area (Å²) >= 11 is 0. The van der Waals surface area contributed by atoms with Crippen molar-refractivity contribution in [2.75, 3.05) is 11.9 Å². The monoisotopic (exact) mass is 442 g/mol. The Morgan fingerprint density at radius 1 is 1.21 bits per heavy atom. The van der Waals surface area contributed by atoms with Crippen LogP contribution in [-0.2, 0) is 17.6 Å². The van der Waals surface area contributed by atoms with Gasteiger partial charge in [0, 0.05) is 40.8 Å². The van der Waals surface area contributed by atoms with E-state index in [1.54, 1.807) is 0 Å². The Hall–Kier alpha value is -2.82. The third-order valence-electron chi connectivity index (χ3n) is 8.68. The zero-order chi connectivity index (χ0) is 22.6. The quantitative estimate of drug-likeness (QED) is 0.474. The summed E-state index contributed by atoms with van der Waals surface area (Å²) in [5, 5.41) is 9.18. The highest BCUT2D eigenvalue weighted by atomic mass is 16.2. The van der Waals surface area contributed by atoms with E-state index in [1.807, 2.05) is 11.9 Å². The molecule has 5 nitrogen and oxygen atoms in total. The van der Waals surface area contributed by atoms with E-state index in [0.717, 1.165) is 40.8 Å². The number of hydrogen-bond acceptors (Lipinski definition) is 2. The van der Waals surface area contributed by atoms with Gasteiger partial charge in [-0.05, 0) is 68.1 Å². The number of carbonyl (C=O) groups excluding carboxylic acids is 1. The first kappa shape index (κ1) is 20.8. The molecule has 3 aliphatic rings. The number of amides is 1. The molecular formula is C28H34N4O. The number of anilines is 1. The van der Waals surface area contributed by atoms with Crippen molar-refractivity contribution in [3.05, 3.63) is 47.7 Å². The number of H-pyrrole nitrogens is 2. The predicted octanol–water partition coefficient (Wildman–Crippen LogP) is 6.17. The molecule has 2 N–H and O–H groups in total. The van der Waals surface area contributed by atoms with Gasteiger partial charge < -0.3 is 9.88 Å². The molecule has 0 saturated heterocycles. The van der Waals surface area contributed by atoms with Crippen LogP contribution in [-0.4, -0.2) is 28.1 Å². The maximum atomic E-state index is 13.2. The molecule has 2 heterocycles. The zero-order valence-electron chi connectivity index (χ0n) is 19.8. The second kappa shape index (κ2) is 7.89. The molecule has 2 aromatic heterocycles. The standard InChI is InChI=1S/C28H34N4O/c1-18(19-7-4-3-5-8-19)27(33)32(2)21-10-9-20-15-24(29-23(20)16-21)26-22-11-14-28(12-6-13-28)17-25(22)30-31-26/h6,9-10,12,15-16,18-19,29H,3-5,7-8,11,13-14,17H2,1-2H3,(H,30,31). The number of hydrogen-bond donors (Lipinski definition) is 2. The number of carbonyl (C=O) groups is 1. The van der Waals surface area contributed by atoms with Crippen molar-refractivity contribution in [2.45, 2.75) is 64.7 Å². The summed E-state index contributed by atoms with van der Waals surface area (Å²) in [7, 11) is 1.92. The lowest BCUT2D eigenvalue weighted by Crippen LogP contribution is -2.35. The fourth-order valence-electron chi connectivity index (χ4n) is 6.34. The molecule has 0 bridgehead atoms. The van der Waals surface area contributed by atoms with E-state index in [1.165, 1.54) is 56.2 Å². The van der Waals surface area contributed by atoms with Gasteiger partial charge in [-0.15, -0.1) is 0 Å². The summed E-state index contributed by atoms with van der Waals surface area (Å²) in [5.74, 6) is 0.831. The van der Waals surface area contributed by atoms with Crippen LogP contribution in [0.4, 0.5) is 5.69 Å². The summed E-state index contributed by atoms with van der Waals surface area (Å²) in [6.07, 6.45) is 15.4. The zero-order valence-corrected chi connectivity index (χ0v) is 19.8. The van der Waals surface area contributed by atoms with Crippen LogP contribution < -0.4 is 4.90 Å². The molecule has 1 saturated carbocycles. The Morgan fingerprint density at radius 2 is 2.03 bits per heavy atom. The highest BCUT2D eigenvalue weighted by Gasteiger charge is 2.37. The molecule has 2 unspecified atom stereocenters. The molecule has 0 aliphatic heterocycles. The maximum absolute atomic E-state index is 13.2. The lowest BCUT2D eigenvalue weighted by molar-refractivity contribution is -0.123. The van der Waals surface area contributed by atoms with Crippen LogP contribution in [0, 0.1) is 17.3 Å². The van der Waals surface area contributed by atoms with Gasteiger partial charge in [-0.25, -0.2) is 0 Å². The fourth-order valence-corrected chi connectivity index (χ4v) is 6.34. The lowest BCUT2D eigenvalue weighted by atomic mass is 9.66. The molecule has 172 valence electrons. The van der Waals surface area contributed by atoms with E-state index in [0.29, 0.717) is 11.3 Å². The Labute approximate surface area is 195 Å². The van der Waals surface area contributed by atoms with Crippen molar-refractivity contribution in [3.63, 3.8) is 0 Å². The van der Waals surface area contributed by atoms with E-state index in [2.05, 4.69) is 53.4 Å². The van der Waals surface area contributed by atoms with Crippen molar-refractivity contribution < 1.29 is 4.79 Å². The number of aromatic amines is 2. The maximum Gasteiger partial charge on any atom is 0.229 e. The molecule has 5 heteroatoms. The van der Waals surface area contributed by atoms with Gasteiger partial charge in [-0.1, -0.05) is 44.4 Å². The Bertz CT molecular complexity index is 1230. The van der Waals surface area contributed by atoms with E-state index in [-0.39, 0.29) is 11.8 Å². The van der Waals surface area contributed by atoms with Gasteiger partial charge in [-0.3, -0.25) is 9.89 Å². The van der Waals surface area contributed by atoms with Gasteiger partial charge in [0.2, 0.25) is 5.91 Å². The van der Waals surface area contributed by atoms with Crippen molar-refractivity contribution >= 4 is 22.5 Å². The minimum atomic E-state index is 0.0783. The first-order valence-electron chi connectivity index (χ1n) is 12.7. The molecule has 3 aromatic rings. The van der Waals surface area contributed by atoms with Crippen LogP contribution in [0.25, 0.3) is 22.3 Å². The van der Waals surface area contributed by atoms with Crippen LogP contribution in [0.1, 0.15) is 63.1 Å². The van der Waals surface area contributed by atoms with Crippen LogP contribution in [0.3, 0.4) is 0 Å². The van der Waals surface area contributed by atoms with Crippen LogP contribution in [0.5, 0.6) is 0 Å². The molecule has 1 spiro atoms. The molecule has 1 aromatic carbocycles. The van der Waals surface area contributed by atoms with Gasteiger partial charge in [0.1, 0.15) is 5.69 Å². The molecule has 33 heavy (non-hydrogen) atoms. The summed E-state index contributed by atoms with van der Waals surface area (Å²) in [6, 6.07) is 8.48. The lowest BCUT2D eigenvalue weighted by Gasteiger charge is -2.38. The average Bonchev–Trinajstić information content (AvgIpc) is 3.44. The van der Waals surface area contributed by atoms with Gasteiger partial charge in [-0.2, -0.15) is 5.10 Å². The second-order valence-electron chi connectivity index (χ2n) is 10.7. The Morgan fingerprint density at radius 3 is 2.79 bits per heavy atom. The van der Waals surface area contributed by atoms with E-state index in [4.69, 9.17) is 5.10 Å². The number of rotatable bonds is 4. The third-order valence-corrected chi connectivity index (χ3v) is 8.68. The van der Waals surface area contributed by atoms with Crippen LogP contribution in [0.2, 0.25) is 0 Å².